The van der Waals surface area contributed by atoms with Gasteiger partial charge in [0.15, 0.2) is 0 Å². The number of hydrogen-bond donors (Lipinski definition) is 0. The molecule has 1 aromatic rings. The van der Waals surface area contributed by atoms with E-state index in [0.29, 0.717) is 0 Å². The lowest BCUT2D eigenvalue weighted by Gasteiger charge is -2.54. The molecule has 1 atom stereocenters. The van der Waals surface area contributed by atoms with Crippen LogP contribution in [0.3, 0.4) is 0 Å². The molecule has 1 aliphatic heterocycles. The number of rotatable bonds is 1. The van der Waals surface area contributed by atoms with Crippen molar-refractivity contribution in [3.05, 3.63) is 35.4 Å². The van der Waals surface area contributed by atoms with Gasteiger partial charge in [-0.25, -0.2) is 0 Å². The lowest BCUT2D eigenvalue weighted by Crippen LogP contribution is -2.55. The zero-order chi connectivity index (χ0) is 15.1. The van der Waals surface area contributed by atoms with E-state index >= 15 is 0 Å². The van der Waals surface area contributed by atoms with Crippen LogP contribution in [-0.2, 0) is 20.0 Å². The first-order valence-corrected chi connectivity index (χ1v) is 8.89. The highest BCUT2D eigenvalue weighted by Crippen LogP contribution is 2.54. The highest BCUT2D eigenvalue weighted by atomic mass is 127. The fraction of sp³-hybridized carbons (Fsp3) is 0.667. The predicted molar refractivity (Wildman–Crippen MR) is 93.3 cm³/mol. The average Bonchev–Trinajstić information content (AvgIpc) is 2.46. The van der Waals surface area contributed by atoms with E-state index in [-0.39, 0.29) is 11.0 Å². The van der Waals surface area contributed by atoms with E-state index in [4.69, 9.17) is 7.80 Å². The van der Waals surface area contributed by atoms with Crippen molar-refractivity contribution in [3.63, 3.8) is 0 Å². The third kappa shape index (κ3) is 2.55. The van der Waals surface area contributed by atoms with Crippen molar-refractivity contribution in [2.45, 2.75) is 70.7 Å². The van der Waals surface area contributed by atoms with Crippen LogP contribution < -0.4 is 0 Å². The van der Waals surface area contributed by atoms with Crippen molar-refractivity contribution in [2.24, 2.45) is 5.41 Å². The fourth-order valence-corrected chi connectivity index (χ4v) is 4.93. The molecule has 0 aromatic heterocycles. The first-order chi connectivity index (χ1) is 9.93. The summed E-state index contributed by atoms with van der Waals surface area (Å²) in [6.07, 6.45) is 7.20. The average molecular weight is 400 g/mol. The Morgan fingerprint density at radius 2 is 1.76 bits per heavy atom. The summed E-state index contributed by atoms with van der Waals surface area (Å²) in [6.45, 7) is 6.64. The summed E-state index contributed by atoms with van der Waals surface area (Å²) in [7, 11) is 0. The van der Waals surface area contributed by atoms with Crippen LogP contribution >= 0.6 is 23.0 Å². The van der Waals surface area contributed by atoms with Crippen molar-refractivity contribution < 1.29 is 7.80 Å². The number of hydrogen-bond acceptors (Lipinski definition) is 2. The van der Waals surface area contributed by atoms with E-state index in [1.165, 1.54) is 30.4 Å². The van der Waals surface area contributed by atoms with Crippen molar-refractivity contribution in [2.75, 3.05) is 0 Å². The highest BCUT2D eigenvalue weighted by Gasteiger charge is 2.55. The summed E-state index contributed by atoms with van der Waals surface area (Å²) in [5.41, 5.74) is 2.46. The lowest BCUT2D eigenvalue weighted by molar-refractivity contribution is -0.306. The van der Waals surface area contributed by atoms with E-state index in [0.717, 1.165) is 19.3 Å². The highest BCUT2D eigenvalue weighted by molar-refractivity contribution is 14.1. The van der Waals surface area contributed by atoms with Gasteiger partial charge in [0.05, 0.1) is 5.60 Å². The first-order valence-electron chi connectivity index (χ1n) is 8.01. The maximum absolute atomic E-state index is 6.81. The molecule has 2 aliphatic rings. The second-order valence-electron chi connectivity index (χ2n) is 7.62. The van der Waals surface area contributed by atoms with Gasteiger partial charge in [0.25, 0.3) is 0 Å². The zero-order valence-corrected chi connectivity index (χ0v) is 15.4. The van der Waals surface area contributed by atoms with Gasteiger partial charge in [0, 0.05) is 17.4 Å². The molecule has 0 saturated heterocycles. The van der Waals surface area contributed by atoms with Gasteiger partial charge in [0.2, 0.25) is 5.79 Å². The summed E-state index contributed by atoms with van der Waals surface area (Å²) < 4.78 is 12.9. The molecule has 3 rings (SSSR count). The molecule has 1 saturated carbocycles. The minimum atomic E-state index is -0.653. The Balaban J connectivity index is 2.13. The van der Waals surface area contributed by atoms with Gasteiger partial charge in [0.1, 0.15) is 23.0 Å². The van der Waals surface area contributed by atoms with Crippen molar-refractivity contribution in [1.82, 2.24) is 0 Å². The van der Waals surface area contributed by atoms with Crippen LogP contribution in [0.4, 0.5) is 0 Å². The number of benzene rings is 1. The molecule has 1 unspecified atom stereocenters. The Bertz CT molecular complexity index is 514. The molecule has 0 amide bonds. The first kappa shape index (κ1) is 15.8. The van der Waals surface area contributed by atoms with E-state index in [2.05, 4.69) is 45.0 Å². The van der Waals surface area contributed by atoms with Crippen LogP contribution in [0.2, 0.25) is 0 Å². The van der Waals surface area contributed by atoms with E-state index in [1.54, 1.807) is 0 Å². The monoisotopic (exact) mass is 400 g/mol. The zero-order valence-electron chi connectivity index (χ0n) is 13.2. The van der Waals surface area contributed by atoms with E-state index < -0.39 is 5.79 Å². The minimum Gasteiger partial charge on any atom is -0.338 e. The van der Waals surface area contributed by atoms with Crippen LogP contribution in [0, 0.1) is 5.41 Å². The van der Waals surface area contributed by atoms with Crippen molar-refractivity contribution in [1.29, 1.82) is 0 Å². The minimum absolute atomic E-state index is 0.0367. The second kappa shape index (κ2) is 5.50. The van der Waals surface area contributed by atoms with Gasteiger partial charge in [-0.05, 0) is 18.4 Å². The normalized spacial score (nSPS) is 28.4. The molecule has 1 fully saturated rings. The fourth-order valence-electron chi connectivity index (χ4n) is 3.94. The summed E-state index contributed by atoms with van der Waals surface area (Å²) in [6, 6.07) is 8.66. The largest absolute Gasteiger partial charge is 0.338 e. The lowest BCUT2D eigenvalue weighted by atomic mass is 9.71. The maximum Gasteiger partial charge on any atom is 0.211 e. The molecule has 2 nitrogen and oxygen atoms in total. The van der Waals surface area contributed by atoms with Gasteiger partial charge in [-0.3, -0.25) is 3.07 Å². The quantitative estimate of drug-likeness (QED) is 0.578. The number of halogens is 1. The molecule has 116 valence electrons. The molecule has 1 aromatic carbocycles. The molecule has 21 heavy (non-hydrogen) atoms. The SMILES string of the molecule is CC(C)(C)C1(OI)OC2(CCCCC2)Cc2ccccc21. The number of fused-ring (bicyclic) bond motifs is 1. The third-order valence-electron chi connectivity index (χ3n) is 5.11. The van der Waals surface area contributed by atoms with Crippen LogP contribution in [0.25, 0.3) is 0 Å². The molecule has 1 heterocycles. The Morgan fingerprint density at radius 3 is 2.38 bits per heavy atom. The van der Waals surface area contributed by atoms with Crippen LogP contribution in [0.1, 0.15) is 64.0 Å². The Hall–Kier alpha value is -0.130. The van der Waals surface area contributed by atoms with Gasteiger partial charge >= 0.3 is 0 Å². The van der Waals surface area contributed by atoms with E-state index in [9.17, 15) is 0 Å². The smallest absolute Gasteiger partial charge is 0.211 e. The Kier molecular flexibility index (Phi) is 4.13. The van der Waals surface area contributed by atoms with Gasteiger partial charge in [-0.15, -0.1) is 0 Å². The van der Waals surface area contributed by atoms with Crippen LogP contribution in [0.15, 0.2) is 24.3 Å². The summed E-state index contributed by atoms with van der Waals surface area (Å²) >= 11 is 2.04. The van der Waals surface area contributed by atoms with Gasteiger partial charge < -0.3 is 4.74 Å². The molecule has 1 spiro atoms. The Morgan fingerprint density at radius 1 is 1.10 bits per heavy atom. The maximum atomic E-state index is 6.81. The third-order valence-corrected chi connectivity index (χ3v) is 5.73. The molecule has 3 heteroatoms. The molecule has 0 bridgehead atoms. The Labute approximate surface area is 142 Å². The molecular formula is C18H25IO2. The van der Waals surface area contributed by atoms with Crippen molar-refractivity contribution >= 4 is 23.0 Å². The molecule has 0 N–H and O–H groups in total. The van der Waals surface area contributed by atoms with Gasteiger partial charge in [-0.2, -0.15) is 0 Å². The topological polar surface area (TPSA) is 18.5 Å². The van der Waals surface area contributed by atoms with Gasteiger partial charge in [-0.1, -0.05) is 64.3 Å². The van der Waals surface area contributed by atoms with E-state index in [1.807, 2.05) is 23.0 Å². The summed E-state index contributed by atoms with van der Waals surface area (Å²) in [5, 5.41) is 0. The molecule has 0 radical (unpaired) electrons. The second-order valence-corrected chi connectivity index (χ2v) is 8.06. The molecule has 1 aliphatic carbocycles. The molecular weight excluding hydrogens is 375 g/mol. The standard InChI is InChI=1S/C18H25IO2/c1-16(2,3)18(21-19)15-10-6-5-9-14(15)13-17(20-18)11-7-4-8-12-17/h5-6,9-10H,4,7-8,11-13H2,1-3H3. The summed E-state index contributed by atoms with van der Waals surface area (Å²) in [5.74, 6) is -0.653. The van der Waals surface area contributed by atoms with Crippen molar-refractivity contribution in [3.8, 4) is 0 Å². The number of ether oxygens (including phenoxy) is 1. The summed E-state index contributed by atoms with van der Waals surface area (Å²) in [4.78, 5) is 0. The van der Waals surface area contributed by atoms with Crippen LogP contribution in [0.5, 0.6) is 0 Å². The van der Waals surface area contributed by atoms with Crippen LogP contribution in [-0.4, -0.2) is 5.60 Å². The predicted octanol–water partition coefficient (Wildman–Crippen LogP) is 5.53.